The highest BCUT2D eigenvalue weighted by Gasteiger charge is 2.27. The summed E-state index contributed by atoms with van der Waals surface area (Å²) in [5, 5.41) is 10.1. The first-order valence-electron chi connectivity index (χ1n) is 10.6. The van der Waals surface area contributed by atoms with Crippen LogP contribution in [0.3, 0.4) is 0 Å². The summed E-state index contributed by atoms with van der Waals surface area (Å²) in [6.07, 6.45) is 2.33. The Hall–Kier alpha value is -3.62. The molecular formula is C26H21ClN4O. The molecule has 158 valence electrons. The lowest BCUT2D eigenvalue weighted by Gasteiger charge is -2.27. The van der Waals surface area contributed by atoms with E-state index in [1.54, 1.807) is 29.8 Å². The highest BCUT2D eigenvalue weighted by molar-refractivity contribution is 6.33. The molecule has 5 rings (SSSR count). The number of rotatable bonds is 5. The van der Waals surface area contributed by atoms with Crippen molar-refractivity contribution in [3.63, 3.8) is 0 Å². The Morgan fingerprint density at radius 3 is 2.69 bits per heavy atom. The summed E-state index contributed by atoms with van der Waals surface area (Å²) in [7, 11) is 1.73. The van der Waals surface area contributed by atoms with E-state index in [4.69, 9.17) is 11.6 Å². The van der Waals surface area contributed by atoms with Crippen molar-refractivity contribution in [3.05, 3.63) is 87.8 Å². The molecular weight excluding hydrogens is 420 g/mol. The quantitative estimate of drug-likeness (QED) is 0.401. The molecule has 1 aliphatic rings. The minimum absolute atomic E-state index is 0.109. The van der Waals surface area contributed by atoms with Gasteiger partial charge in [-0.25, -0.2) is 4.98 Å². The van der Waals surface area contributed by atoms with Crippen molar-refractivity contribution in [2.75, 3.05) is 11.4 Å². The Labute approximate surface area is 191 Å². The topological polar surface area (TPSA) is 61.9 Å². The normalized spacial score (nSPS) is 13.2. The fourth-order valence-corrected chi connectivity index (χ4v) is 4.26. The van der Waals surface area contributed by atoms with Crippen molar-refractivity contribution in [3.8, 4) is 17.2 Å². The van der Waals surface area contributed by atoms with Crippen molar-refractivity contribution in [1.82, 2.24) is 9.55 Å². The first-order chi connectivity index (χ1) is 15.5. The van der Waals surface area contributed by atoms with Crippen LogP contribution < -0.4 is 10.5 Å². The van der Waals surface area contributed by atoms with E-state index in [0.717, 1.165) is 29.0 Å². The van der Waals surface area contributed by atoms with Gasteiger partial charge in [0.05, 0.1) is 11.2 Å². The minimum Gasteiger partial charge on any atom is -0.339 e. The average Bonchev–Trinajstić information content (AvgIpc) is 3.64. The number of aryl methyl sites for hydroxylation is 1. The number of hydrogen-bond donors (Lipinski definition) is 0. The van der Waals surface area contributed by atoms with Gasteiger partial charge in [-0.2, -0.15) is 5.26 Å². The molecule has 1 aliphatic carbocycles. The highest BCUT2D eigenvalue weighted by atomic mass is 35.5. The van der Waals surface area contributed by atoms with Crippen molar-refractivity contribution >= 4 is 34.0 Å². The molecule has 2 aromatic carbocycles. The molecule has 1 fully saturated rings. The maximum absolute atomic E-state index is 12.8. The zero-order valence-electron chi connectivity index (χ0n) is 17.6. The van der Waals surface area contributed by atoms with Gasteiger partial charge in [-0.1, -0.05) is 41.9 Å². The zero-order valence-corrected chi connectivity index (χ0v) is 18.4. The lowest BCUT2D eigenvalue weighted by molar-refractivity contribution is 0.811. The lowest BCUT2D eigenvalue weighted by Crippen LogP contribution is -2.25. The summed E-state index contributed by atoms with van der Waals surface area (Å²) in [5.41, 5.74) is 5.23. The van der Waals surface area contributed by atoms with Crippen molar-refractivity contribution < 1.29 is 0 Å². The van der Waals surface area contributed by atoms with E-state index in [1.807, 2.05) is 42.5 Å². The third kappa shape index (κ3) is 3.74. The van der Waals surface area contributed by atoms with E-state index in [1.165, 1.54) is 12.8 Å². The first-order valence-corrected chi connectivity index (χ1v) is 11.0. The lowest BCUT2D eigenvalue weighted by atomic mass is 10.0. The Morgan fingerprint density at radius 2 is 1.94 bits per heavy atom. The Morgan fingerprint density at radius 1 is 1.12 bits per heavy atom. The van der Waals surface area contributed by atoms with Gasteiger partial charge in [-0.3, -0.25) is 4.79 Å². The van der Waals surface area contributed by atoms with E-state index in [0.29, 0.717) is 27.7 Å². The van der Waals surface area contributed by atoms with Crippen LogP contribution >= 0.6 is 11.6 Å². The van der Waals surface area contributed by atoms with Gasteiger partial charge in [-0.05, 0) is 54.7 Å². The second-order valence-electron chi connectivity index (χ2n) is 8.19. The molecule has 0 radical (unpaired) electrons. The van der Waals surface area contributed by atoms with Crippen LogP contribution in [-0.2, 0) is 7.05 Å². The molecule has 0 unspecified atom stereocenters. The number of nitrogens with zero attached hydrogens (tertiary/aromatic N) is 4. The van der Waals surface area contributed by atoms with E-state index in [-0.39, 0.29) is 5.56 Å². The number of nitriles is 1. The summed E-state index contributed by atoms with van der Waals surface area (Å²) in [6.45, 7) is 0.784. The molecule has 0 atom stereocenters. The van der Waals surface area contributed by atoms with Crippen LogP contribution in [0.4, 0.5) is 11.4 Å². The van der Waals surface area contributed by atoms with Crippen LogP contribution in [0.5, 0.6) is 0 Å². The molecule has 6 heteroatoms. The van der Waals surface area contributed by atoms with Crippen LogP contribution in [0, 0.1) is 17.2 Å². The summed E-state index contributed by atoms with van der Waals surface area (Å²) in [6, 6.07) is 23.1. The van der Waals surface area contributed by atoms with E-state index in [2.05, 4.69) is 22.0 Å². The van der Waals surface area contributed by atoms with E-state index in [9.17, 15) is 10.1 Å². The van der Waals surface area contributed by atoms with Crippen molar-refractivity contribution in [1.29, 1.82) is 5.26 Å². The molecule has 0 aliphatic heterocycles. The summed E-state index contributed by atoms with van der Waals surface area (Å²) < 4.78 is 1.57. The second kappa shape index (κ2) is 8.14. The predicted octanol–water partition coefficient (Wildman–Crippen LogP) is 5.67. The van der Waals surface area contributed by atoms with Gasteiger partial charge in [0, 0.05) is 35.9 Å². The zero-order chi connectivity index (χ0) is 22.2. The Bertz CT molecular complexity index is 1430. The average molecular weight is 441 g/mol. The molecule has 0 spiro atoms. The number of pyridine rings is 2. The fraction of sp³-hybridized carbons (Fsp3) is 0.192. The highest BCUT2D eigenvalue weighted by Crippen LogP contribution is 2.39. The van der Waals surface area contributed by atoms with Gasteiger partial charge in [0.2, 0.25) is 0 Å². The van der Waals surface area contributed by atoms with Gasteiger partial charge < -0.3 is 9.47 Å². The van der Waals surface area contributed by atoms with Crippen LogP contribution in [0.2, 0.25) is 5.02 Å². The minimum atomic E-state index is -0.109. The molecule has 0 amide bonds. The third-order valence-corrected chi connectivity index (χ3v) is 6.28. The number of fused-ring (bicyclic) bond motifs is 1. The second-order valence-corrected chi connectivity index (χ2v) is 8.59. The third-order valence-electron chi connectivity index (χ3n) is 5.95. The van der Waals surface area contributed by atoms with Gasteiger partial charge in [-0.15, -0.1) is 0 Å². The summed E-state index contributed by atoms with van der Waals surface area (Å²) in [5.74, 6) is 0.567. The SMILES string of the molecule is Cn1c(=O)cc(N(CC2CC2)c2cccc(-c3ccccc3Cl)c2)c2nc(C#N)ccc21. The summed E-state index contributed by atoms with van der Waals surface area (Å²) >= 11 is 6.45. The van der Waals surface area contributed by atoms with E-state index >= 15 is 0 Å². The number of aromatic nitrogens is 2. The number of hydrogen-bond acceptors (Lipinski definition) is 4. The van der Waals surface area contributed by atoms with Crippen molar-refractivity contribution in [2.24, 2.45) is 13.0 Å². The molecule has 2 aromatic heterocycles. The van der Waals surface area contributed by atoms with Crippen molar-refractivity contribution in [2.45, 2.75) is 12.8 Å². The Balaban J connectivity index is 1.71. The summed E-state index contributed by atoms with van der Waals surface area (Å²) in [4.78, 5) is 19.5. The largest absolute Gasteiger partial charge is 0.339 e. The molecule has 4 aromatic rings. The Kier molecular flexibility index (Phi) is 5.16. The molecule has 1 saturated carbocycles. The standard InChI is InChI=1S/C26H21ClN4O/c1-30-23-12-11-19(15-28)29-26(23)24(14-25(30)32)31(16-17-9-10-17)20-6-4-5-18(13-20)21-7-2-3-8-22(21)27/h2-8,11-14,17H,9-10,16H2,1H3. The van der Waals surface area contributed by atoms with Crippen LogP contribution in [0.25, 0.3) is 22.2 Å². The number of benzene rings is 2. The van der Waals surface area contributed by atoms with Gasteiger partial charge >= 0.3 is 0 Å². The molecule has 0 saturated heterocycles. The maximum atomic E-state index is 12.8. The molecule has 2 heterocycles. The van der Waals surface area contributed by atoms with Gasteiger partial charge in [0.25, 0.3) is 5.56 Å². The number of halogens is 1. The van der Waals surface area contributed by atoms with Gasteiger partial charge in [0.1, 0.15) is 17.3 Å². The smallest absolute Gasteiger partial charge is 0.252 e. The molecule has 0 N–H and O–H groups in total. The first kappa shape index (κ1) is 20.3. The molecule has 32 heavy (non-hydrogen) atoms. The predicted molar refractivity (Wildman–Crippen MR) is 128 cm³/mol. The van der Waals surface area contributed by atoms with Crippen LogP contribution in [0.15, 0.2) is 71.5 Å². The maximum Gasteiger partial charge on any atom is 0.252 e. The fourth-order valence-electron chi connectivity index (χ4n) is 4.02. The monoisotopic (exact) mass is 440 g/mol. The van der Waals surface area contributed by atoms with Gasteiger partial charge in [0.15, 0.2) is 0 Å². The number of anilines is 2. The van der Waals surface area contributed by atoms with Crippen LogP contribution in [-0.4, -0.2) is 16.1 Å². The molecule has 0 bridgehead atoms. The van der Waals surface area contributed by atoms with Crippen LogP contribution in [0.1, 0.15) is 18.5 Å². The molecule has 5 nitrogen and oxygen atoms in total. The van der Waals surface area contributed by atoms with E-state index < -0.39 is 0 Å².